The van der Waals surface area contributed by atoms with Gasteiger partial charge in [-0.25, -0.2) is 4.79 Å². The number of carbonyl (C=O) groups excluding carboxylic acids is 1. The second-order valence-corrected chi connectivity index (χ2v) is 5.18. The summed E-state index contributed by atoms with van der Waals surface area (Å²) in [6, 6.07) is 13.8. The minimum atomic E-state index is -0.389. The molecule has 0 saturated carbocycles. The third-order valence-electron chi connectivity index (χ3n) is 3.03. The van der Waals surface area contributed by atoms with Gasteiger partial charge in [-0.3, -0.25) is 0 Å². The molecule has 1 aromatic heterocycles. The second kappa shape index (κ2) is 6.50. The monoisotopic (exact) mass is 328 g/mol. The number of nitrogens with one attached hydrogen (secondary N) is 2. The summed E-state index contributed by atoms with van der Waals surface area (Å²) in [5.74, 6) is 0.951. The maximum absolute atomic E-state index is 12.1. The average Bonchev–Trinajstić information content (AvgIpc) is 2.96. The summed E-state index contributed by atoms with van der Waals surface area (Å²) >= 11 is 6.01. The fourth-order valence-corrected chi connectivity index (χ4v) is 2.18. The predicted molar refractivity (Wildman–Crippen MR) is 88.6 cm³/mol. The fourth-order valence-electron chi connectivity index (χ4n) is 2.00. The standard InChI is InChI=1S/C16H13ClN4O2/c1-10-18-15(21-23-10)11-5-4-6-12(9-11)19-16(22)20-14-8-3-2-7-13(14)17/h2-9H,1H3,(H2,19,20,22). The lowest BCUT2D eigenvalue weighted by Crippen LogP contribution is -2.19. The number of carbonyl (C=O) groups is 1. The molecule has 0 aliphatic heterocycles. The molecule has 23 heavy (non-hydrogen) atoms. The maximum atomic E-state index is 12.1. The molecular formula is C16H13ClN4O2. The van der Waals surface area contributed by atoms with Gasteiger partial charge in [0, 0.05) is 18.2 Å². The molecule has 3 aromatic rings. The van der Waals surface area contributed by atoms with Gasteiger partial charge in [0.25, 0.3) is 0 Å². The summed E-state index contributed by atoms with van der Waals surface area (Å²) in [5, 5.41) is 9.75. The summed E-state index contributed by atoms with van der Waals surface area (Å²) in [5.41, 5.74) is 1.89. The van der Waals surface area contributed by atoms with Gasteiger partial charge in [0.05, 0.1) is 10.7 Å². The highest BCUT2D eigenvalue weighted by atomic mass is 35.5. The molecule has 0 radical (unpaired) electrons. The highest BCUT2D eigenvalue weighted by Crippen LogP contribution is 2.22. The van der Waals surface area contributed by atoms with E-state index in [1.807, 2.05) is 6.07 Å². The van der Waals surface area contributed by atoms with Crippen molar-refractivity contribution in [3.63, 3.8) is 0 Å². The number of aromatic nitrogens is 2. The van der Waals surface area contributed by atoms with E-state index in [0.29, 0.717) is 28.1 Å². The van der Waals surface area contributed by atoms with Crippen LogP contribution >= 0.6 is 11.6 Å². The van der Waals surface area contributed by atoms with E-state index in [4.69, 9.17) is 16.1 Å². The lowest BCUT2D eigenvalue weighted by Gasteiger charge is -2.09. The molecule has 0 spiro atoms. The first-order chi connectivity index (χ1) is 11.1. The number of benzene rings is 2. The second-order valence-electron chi connectivity index (χ2n) is 4.78. The average molecular weight is 329 g/mol. The number of para-hydroxylation sites is 1. The van der Waals surface area contributed by atoms with Crippen LogP contribution in [0.4, 0.5) is 16.2 Å². The van der Waals surface area contributed by atoms with Gasteiger partial charge in [-0.1, -0.05) is 41.0 Å². The Labute approximate surface area is 137 Å². The normalized spacial score (nSPS) is 10.3. The fraction of sp³-hybridized carbons (Fsp3) is 0.0625. The van der Waals surface area contributed by atoms with Crippen molar-refractivity contribution in [1.82, 2.24) is 10.1 Å². The van der Waals surface area contributed by atoms with Gasteiger partial charge < -0.3 is 15.2 Å². The molecule has 0 aliphatic carbocycles. The summed E-state index contributed by atoms with van der Waals surface area (Å²) in [6.07, 6.45) is 0. The molecule has 0 bridgehead atoms. The summed E-state index contributed by atoms with van der Waals surface area (Å²) in [6.45, 7) is 1.72. The Kier molecular flexibility index (Phi) is 4.25. The Morgan fingerprint density at radius 1 is 1.13 bits per heavy atom. The predicted octanol–water partition coefficient (Wildman–Crippen LogP) is 4.34. The van der Waals surface area contributed by atoms with Gasteiger partial charge in [-0.05, 0) is 24.3 Å². The molecule has 3 rings (SSSR count). The van der Waals surface area contributed by atoms with Crippen LogP contribution in [0.15, 0.2) is 53.1 Å². The number of aryl methyl sites for hydroxylation is 1. The van der Waals surface area contributed by atoms with Crippen LogP contribution in [-0.2, 0) is 0 Å². The van der Waals surface area contributed by atoms with Crippen LogP contribution in [0.25, 0.3) is 11.4 Å². The smallest absolute Gasteiger partial charge is 0.323 e. The van der Waals surface area contributed by atoms with Crippen molar-refractivity contribution >= 4 is 29.0 Å². The first-order valence-corrected chi connectivity index (χ1v) is 7.23. The molecule has 0 fully saturated rings. The Bertz CT molecular complexity index is 847. The quantitative estimate of drug-likeness (QED) is 0.749. The Balaban J connectivity index is 1.73. The van der Waals surface area contributed by atoms with Gasteiger partial charge in [0.15, 0.2) is 0 Å². The highest BCUT2D eigenvalue weighted by Gasteiger charge is 2.09. The topological polar surface area (TPSA) is 80.0 Å². The van der Waals surface area contributed by atoms with Gasteiger partial charge >= 0.3 is 6.03 Å². The van der Waals surface area contributed by atoms with E-state index in [1.165, 1.54) is 0 Å². The van der Waals surface area contributed by atoms with Crippen molar-refractivity contribution in [2.45, 2.75) is 6.92 Å². The largest absolute Gasteiger partial charge is 0.339 e. The minimum Gasteiger partial charge on any atom is -0.339 e. The van der Waals surface area contributed by atoms with Crippen molar-refractivity contribution < 1.29 is 9.32 Å². The van der Waals surface area contributed by atoms with Gasteiger partial charge in [0.2, 0.25) is 11.7 Å². The van der Waals surface area contributed by atoms with Gasteiger partial charge in [-0.15, -0.1) is 0 Å². The molecule has 0 unspecified atom stereocenters. The summed E-state index contributed by atoms with van der Waals surface area (Å²) < 4.78 is 4.96. The first-order valence-electron chi connectivity index (χ1n) is 6.85. The van der Waals surface area contributed by atoms with Crippen LogP contribution in [0.2, 0.25) is 5.02 Å². The number of anilines is 2. The molecule has 2 amide bonds. The Hall–Kier alpha value is -2.86. The molecular weight excluding hydrogens is 316 g/mol. The molecule has 0 atom stereocenters. The zero-order chi connectivity index (χ0) is 16.2. The van der Waals surface area contributed by atoms with E-state index in [9.17, 15) is 4.79 Å². The number of halogens is 1. The van der Waals surface area contributed by atoms with Crippen molar-refractivity contribution in [1.29, 1.82) is 0 Å². The van der Waals surface area contributed by atoms with Crippen LogP contribution in [0.5, 0.6) is 0 Å². The zero-order valence-electron chi connectivity index (χ0n) is 12.2. The zero-order valence-corrected chi connectivity index (χ0v) is 13.0. The van der Waals surface area contributed by atoms with Crippen LogP contribution in [0.1, 0.15) is 5.89 Å². The molecule has 2 aromatic carbocycles. The van der Waals surface area contributed by atoms with Crippen molar-refractivity contribution in [3.8, 4) is 11.4 Å². The lowest BCUT2D eigenvalue weighted by molar-refractivity contribution is 0.262. The van der Waals surface area contributed by atoms with Crippen LogP contribution < -0.4 is 10.6 Å². The lowest BCUT2D eigenvalue weighted by atomic mass is 10.2. The molecule has 0 aliphatic rings. The van der Waals surface area contributed by atoms with Crippen LogP contribution in [0.3, 0.4) is 0 Å². The number of amides is 2. The Morgan fingerprint density at radius 2 is 1.96 bits per heavy atom. The van der Waals surface area contributed by atoms with Crippen molar-refractivity contribution in [3.05, 3.63) is 59.4 Å². The van der Waals surface area contributed by atoms with E-state index < -0.39 is 0 Å². The minimum absolute atomic E-state index is 0.389. The molecule has 0 saturated heterocycles. The molecule has 116 valence electrons. The van der Waals surface area contributed by atoms with E-state index in [-0.39, 0.29) is 6.03 Å². The van der Waals surface area contributed by atoms with E-state index in [2.05, 4.69) is 20.8 Å². The number of nitrogens with zero attached hydrogens (tertiary/aromatic N) is 2. The third-order valence-corrected chi connectivity index (χ3v) is 3.36. The van der Waals surface area contributed by atoms with Crippen molar-refractivity contribution in [2.75, 3.05) is 10.6 Å². The number of hydrogen-bond acceptors (Lipinski definition) is 4. The van der Waals surface area contributed by atoms with Crippen LogP contribution in [-0.4, -0.2) is 16.2 Å². The number of urea groups is 1. The van der Waals surface area contributed by atoms with E-state index in [0.717, 1.165) is 5.56 Å². The van der Waals surface area contributed by atoms with Gasteiger partial charge in [0.1, 0.15) is 0 Å². The van der Waals surface area contributed by atoms with Crippen LogP contribution in [0, 0.1) is 6.92 Å². The SMILES string of the molecule is Cc1nc(-c2cccc(NC(=O)Nc3ccccc3Cl)c2)no1. The number of hydrogen-bond donors (Lipinski definition) is 2. The van der Waals surface area contributed by atoms with Crippen molar-refractivity contribution in [2.24, 2.45) is 0 Å². The first kappa shape index (κ1) is 15.1. The highest BCUT2D eigenvalue weighted by molar-refractivity contribution is 6.33. The molecule has 6 nitrogen and oxygen atoms in total. The van der Waals surface area contributed by atoms with E-state index >= 15 is 0 Å². The van der Waals surface area contributed by atoms with E-state index in [1.54, 1.807) is 49.4 Å². The summed E-state index contributed by atoms with van der Waals surface area (Å²) in [4.78, 5) is 16.2. The summed E-state index contributed by atoms with van der Waals surface area (Å²) in [7, 11) is 0. The maximum Gasteiger partial charge on any atom is 0.323 e. The molecule has 7 heteroatoms. The molecule has 2 N–H and O–H groups in total. The van der Waals surface area contributed by atoms with Gasteiger partial charge in [-0.2, -0.15) is 4.98 Å². The molecule has 1 heterocycles. The Morgan fingerprint density at radius 3 is 2.70 bits per heavy atom. The third kappa shape index (κ3) is 3.67. The number of rotatable bonds is 3.